The van der Waals surface area contributed by atoms with E-state index in [2.05, 4.69) is 10.6 Å². The van der Waals surface area contributed by atoms with Crippen LogP contribution in [0.5, 0.6) is 17.2 Å². The number of urea groups is 1. The first-order chi connectivity index (χ1) is 18.6. The van der Waals surface area contributed by atoms with E-state index in [4.69, 9.17) is 24.0 Å². The highest BCUT2D eigenvalue weighted by Gasteiger charge is 2.24. The summed E-state index contributed by atoms with van der Waals surface area (Å²) in [6.07, 6.45) is 0. The Balaban J connectivity index is 1.82. The fraction of sp³-hybridized carbons (Fsp3) is 0.393. The molecule has 1 aromatic heterocycles. The summed E-state index contributed by atoms with van der Waals surface area (Å²) in [5.41, 5.74) is 1.74. The van der Waals surface area contributed by atoms with E-state index < -0.39 is 11.9 Å². The second-order valence-corrected chi connectivity index (χ2v) is 9.73. The smallest absolute Gasteiger partial charge is 0.322 e. The number of rotatable bonds is 11. The third kappa shape index (κ3) is 7.64. The van der Waals surface area contributed by atoms with Crippen molar-refractivity contribution in [2.75, 3.05) is 58.8 Å². The molecule has 11 heteroatoms. The molecule has 0 aliphatic carbocycles. The predicted molar refractivity (Wildman–Crippen MR) is 149 cm³/mol. The monoisotopic (exact) mass is 539 g/mol. The number of carbonyl (C=O) groups excluding carboxylic acids is 2. The first-order valence-electron chi connectivity index (χ1n) is 12.4. The van der Waals surface area contributed by atoms with Gasteiger partial charge in [0.05, 0.1) is 45.0 Å². The van der Waals surface area contributed by atoms with Gasteiger partial charge in [0.15, 0.2) is 0 Å². The molecular formula is C28H37N5O6. The van der Waals surface area contributed by atoms with Crippen LogP contribution in [0.3, 0.4) is 0 Å². The third-order valence-corrected chi connectivity index (χ3v) is 5.90. The van der Waals surface area contributed by atoms with E-state index in [1.165, 1.54) is 19.1 Å². The normalized spacial score (nSPS) is 11.1. The molecule has 11 nitrogen and oxygen atoms in total. The van der Waals surface area contributed by atoms with Crippen molar-refractivity contribution in [2.45, 2.75) is 26.2 Å². The Morgan fingerprint density at radius 3 is 2.15 bits per heavy atom. The van der Waals surface area contributed by atoms with Crippen molar-refractivity contribution in [1.82, 2.24) is 14.7 Å². The number of methoxy groups -OCH3 is 4. The van der Waals surface area contributed by atoms with Crippen molar-refractivity contribution in [2.24, 2.45) is 0 Å². The largest absolute Gasteiger partial charge is 0.497 e. The highest BCUT2D eigenvalue weighted by atomic mass is 16.5. The van der Waals surface area contributed by atoms with Crippen LogP contribution in [-0.2, 0) is 14.9 Å². The van der Waals surface area contributed by atoms with Crippen molar-refractivity contribution in [3.63, 3.8) is 0 Å². The first kappa shape index (κ1) is 29.3. The highest BCUT2D eigenvalue weighted by molar-refractivity contribution is 5.97. The van der Waals surface area contributed by atoms with Gasteiger partial charge in [0.2, 0.25) is 5.91 Å². The molecule has 0 aliphatic rings. The zero-order valence-corrected chi connectivity index (χ0v) is 23.5. The number of amides is 3. The van der Waals surface area contributed by atoms with E-state index in [1.807, 2.05) is 51.1 Å². The molecule has 0 aliphatic heterocycles. The van der Waals surface area contributed by atoms with Crippen molar-refractivity contribution in [1.29, 1.82) is 0 Å². The standard InChI is InChI=1S/C28H37N5O6/c1-28(2,3)24-17-25(33(31-24)19-8-10-20(37-5)11-9-19)30-26(34)18-32(14-15-36-4)27(35)29-22-13-12-21(38-6)16-23(22)39-7/h8-13,16-17H,14-15,18H2,1-7H3,(H,29,35)(H,30,34). The van der Waals surface area contributed by atoms with Crippen LogP contribution in [0.25, 0.3) is 5.69 Å². The summed E-state index contributed by atoms with van der Waals surface area (Å²) >= 11 is 0. The molecule has 2 N–H and O–H groups in total. The summed E-state index contributed by atoms with van der Waals surface area (Å²) < 4.78 is 22.7. The van der Waals surface area contributed by atoms with Crippen LogP contribution in [0, 0.1) is 0 Å². The molecule has 0 fully saturated rings. The maximum absolute atomic E-state index is 13.2. The van der Waals surface area contributed by atoms with Gasteiger partial charge in [0, 0.05) is 31.2 Å². The Morgan fingerprint density at radius 2 is 1.56 bits per heavy atom. The van der Waals surface area contributed by atoms with E-state index >= 15 is 0 Å². The SMILES string of the molecule is COCCN(CC(=O)Nc1cc(C(C)(C)C)nn1-c1ccc(OC)cc1)C(=O)Nc1ccc(OC)cc1OC. The minimum Gasteiger partial charge on any atom is -0.497 e. The average molecular weight is 540 g/mol. The predicted octanol–water partition coefficient (Wildman–Crippen LogP) is 4.31. The fourth-order valence-electron chi connectivity index (χ4n) is 3.66. The molecule has 3 amide bonds. The number of aromatic nitrogens is 2. The van der Waals surface area contributed by atoms with Crippen molar-refractivity contribution in [3.8, 4) is 22.9 Å². The van der Waals surface area contributed by atoms with Gasteiger partial charge in [-0.1, -0.05) is 20.8 Å². The molecule has 3 aromatic rings. The van der Waals surface area contributed by atoms with E-state index in [9.17, 15) is 9.59 Å². The van der Waals surface area contributed by atoms with Crippen molar-refractivity contribution >= 4 is 23.4 Å². The summed E-state index contributed by atoms with van der Waals surface area (Å²) in [6.45, 7) is 6.36. The maximum atomic E-state index is 13.2. The van der Waals surface area contributed by atoms with Crippen LogP contribution in [0.15, 0.2) is 48.5 Å². The number of hydrogen-bond acceptors (Lipinski definition) is 7. The molecule has 0 unspecified atom stereocenters. The second kappa shape index (κ2) is 13.0. The lowest BCUT2D eigenvalue weighted by Gasteiger charge is -2.23. The maximum Gasteiger partial charge on any atom is 0.322 e. The van der Waals surface area contributed by atoms with E-state index in [-0.39, 0.29) is 25.1 Å². The Morgan fingerprint density at radius 1 is 0.897 bits per heavy atom. The van der Waals surface area contributed by atoms with Crippen molar-refractivity contribution < 1.29 is 28.5 Å². The Hall–Kier alpha value is -4.25. The quantitative estimate of drug-likeness (QED) is 0.373. The molecule has 1 heterocycles. The summed E-state index contributed by atoms with van der Waals surface area (Å²) in [4.78, 5) is 27.8. The van der Waals surface area contributed by atoms with Gasteiger partial charge in [-0.05, 0) is 36.4 Å². The molecule has 0 saturated heterocycles. The van der Waals surface area contributed by atoms with Gasteiger partial charge in [-0.15, -0.1) is 0 Å². The zero-order valence-electron chi connectivity index (χ0n) is 23.5. The van der Waals surface area contributed by atoms with E-state index in [1.54, 1.807) is 37.1 Å². The van der Waals surface area contributed by atoms with E-state index in [0.717, 1.165) is 11.4 Å². The zero-order chi connectivity index (χ0) is 28.6. The average Bonchev–Trinajstić information content (AvgIpc) is 3.35. The molecule has 3 rings (SSSR count). The lowest BCUT2D eigenvalue weighted by atomic mass is 9.92. The van der Waals surface area contributed by atoms with Crippen LogP contribution in [0.1, 0.15) is 26.5 Å². The molecule has 2 aromatic carbocycles. The number of nitrogens with one attached hydrogen (secondary N) is 2. The first-order valence-corrected chi connectivity index (χ1v) is 12.4. The summed E-state index contributed by atoms with van der Waals surface area (Å²) in [7, 11) is 6.17. The molecule has 0 radical (unpaired) electrons. The Bertz CT molecular complexity index is 1270. The Kier molecular flexibility index (Phi) is 9.78. The molecule has 39 heavy (non-hydrogen) atoms. The van der Waals surface area contributed by atoms with Gasteiger partial charge in [-0.3, -0.25) is 4.79 Å². The van der Waals surface area contributed by atoms with Gasteiger partial charge in [-0.2, -0.15) is 5.10 Å². The van der Waals surface area contributed by atoms with Crippen molar-refractivity contribution in [3.05, 3.63) is 54.2 Å². The number of ether oxygens (including phenoxy) is 4. The molecule has 0 spiro atoms. The number of hydrogen-bond donors (Lipinski definition) is 2. The molecule has 0 atom stereocenters. The second-order valence-electron chi connectivity index (χ2n) is 9.73. The minimum absolute atomic E-state index is 0.194. The molecule has 210 valence electrons. The topological polar surface area (TPSA) is 116 Å². The lowest BCUT2D eigenvalue weighted by molar-refractivity contribution is -0.116. The van der Waals surface area contributed by atoms with Gasteiger partial charge in [-0.25, -0.2) is 9.48 Å². The third-order valence-electron chi connectivity index (χ3n) is 5.90. The summed E-state index contributed by atoms with van der Waals surface area (Å²) in [5.74, 6) is 1.82. The lowest BCUT2D eigenvalue weighted by Crippen LogP contribution is -2.42. The fourth-order valence-corrected chi connectivity index (χ4v) is 3.66. The van der Waals surface area contributed by atoms with E-state index in [0.29, 0.717) is 28.8 Å². The molecular weight excluding hydrogens is 502 g/mol. The highest BCUT2D eigenvalue weighted by Crippen LogP contribution is 2.30. The van der Waals surface area contributed by atoms with Crippen LogP contribution >= 0.6 is 0 Å². The van der Waals surface area contributed by atoms with Crippen LogP contribution in [-0.4, -0.2) is 74.8 Å². The van der Waals surface area contributed by atoms with Gasteiger partial charge < -0.3 is 34.5 Å². The number of anilines is 2. The Labute approximate surface area is 229 Å². The summed E-state index contributed by atoms with van der Waals surface area (Å²) in [5, 5.41) is 10.5. The number of carbonyl (C=O) groups is 2. The van der Waals surface area contributed by atoms with Gasteiger partial charge in [0.25, 0.3) is 0 Å². The number of nitrogens with zero attached hydrogens (tertiary/aromatic N) is 3. The van der Waals surface area contributed by atoms with Crippen LogP contribution in [0.2, 0.25) is 0 Å². The summed E-state index contributed by atoms with van der Waals surface area (Å²) in [6, 6.07) is 13.8. The van der Waals surface area contributed by atoms with Gasteiger partial charge >= 0.3 is 6.03 Å². The van der Waals surface area contributed by atoms with Crippen LogP contribution < -0.4 is 24.8 Å². The minimum atomic E-state index is -0.482. The molecule has 0 saturated carbocycles. The van der Waals surface area contributed by atoms with Crippen LogP contribution in [0.4, 0.5) is 16.3 Å². The molecule has 0 bridgehead atoms. The van der Waals surface area contributed by atoms with Gasteiger partial charge in [0.1, 0.15) is 29.6 Å². The number of benzene rings is 2.